The molecule has 1 aliphatic rings. The van der Waals surface area contributed by atoms with E-state index in [-0.39, 0.29) is 18.3 Å². The number of aryl methyl sites for hydroxylation is 1. The third-order valence-corrected chi connectivity index (χ3v) is 4.74. The number of hydrogen-bond acceptors (Lipinski definition) is 5. The van der Waals surface area contributed by atoms with Gasteiger partial charge in [-0.1, -0.05) is 23.3 Å². The second-order valence-corrected chi connectivity index (χ2v) is 6.91. The summed E-state index contributed by atoms with van der Waals surface area (Å²) in [5, 5.41) is 15.0. The minimum absolute atomic E-state index is 0.224. The van der Waals surface area contributed by atoms with Gasteiger partial charge in [0.25, 0.3) is 5.91 Å². The highest BCUT2D eigenvalue weighted by atomic mass is 19.4. The molecule has 0 radical (unpaired) electrons. The second kappa shape index (κ2) is 8.19. The molecule has 156 valence electrons. The van der Waals surface area contributed by atoms with Gasteiger partial charge in [-0.3, -0.25) is 9.69 Å². The van der Waals surface area contributed by atoms with Gasteiger partial charge in [0.05, 0.1) is 17.3 Å². The van der Waals surface area contributed by atoms with Crippen molar-refractivity contribution >= 4 is 11.7 Å². The molecule has 1 fully saturated rings. The van der Waals surface area contributed by atoms with Crippen molar-refractivity contribution in [3.63, 3.8) is 0 Å². The molecule has 3 rings (SSSR count). The van der Waals surface area contributed by atoms with Crippen LogP contribution in [0.4, 0.5) is 19.0 Å². The Morgan fingerprint density at radius 3 is 2.52 bits per heavy atom. The summed E-state index contributed by atoms with van der Waals surface area (Å²) in [6.45, 7) is 3.54. The molecule has 1 saturated heterocycles. The average molecular weight is 411 g/mol. The van der Waals surface area contributed by atoms with Crippen LogP contribution in [0.25, 0.3) is 0 Å². The van der Waals surface area contributed by atoms with Gasteiger partial charge < -0.3 is 15.0 Å². The first kappa shape index (κ1) is 20.8. The van der Waals surface area contributed by atoms with Gasteiger partial charge >= 0.3 is 12.0 Å². The van der Waals surface area contributed by atoms with E-state index < -0.39 is 16.7 Å². The molecule has 2 aromatic rings. The fourth-order valence-corrected chi connectivity index (χ4v) is 3.28. The fraction of sp³-hybridized carbons (Fsp3) is 0.444. The first-order valence-electron chi connectivity index (χ1n) is 8.98. The lowest BCUT2D eigenvalue weighted by Crippen LogP contribution is -2.49. The van der Waals surface area contributed by atoms with Crippen molar-refractivity contribution in [3.05, 3.63) is 57.3 Å². The van der Waals surface area contributed by atoms with Crippen molar-refractivity contribution in [2.75, 3.05) is 26.2 Å². The zero-order valence-corrected chi connectivity index (χ0v) is 15.7. The number of carbonyl (C=O) groups is 1. The van der Waals surface area contributed by atoms with Crippen molar-refractivity contribution in [1.29, 1.82) is 0 Å². The molecule has 29 heavy (non-hydrogen) atoms. The summed E-state index contributed by atoms with van der Waals surface area (Å²) in [7, 11) is 0. The van der Waals surface area contributed by atoms with Crippen LogP contribution in [0.1, 0.15) is 16.8 Å². The van der Waals surface area contributed by atoms with E-state index in [2.05, 4.69) is 5.10 Å². The summed E-state index contributed by atoms with van der Waals surface area (Å²) < 4.78 is 39.6. The molecule has 1 aliphatic heterocycles. The molecular weight excluding hydrogens is 391 g/mol. The van der Waals surface area contributed by atoms with Crippen molar-refractivity contribution < 1.29 is 22.9 Å². The zero-order valence-electron chi connectivity index (χ0n) is 15.7. The number of nitrogens with zero attached hydrogens (tertiary/aromatic N) is 5. The molecule has 0 saturated carbocycles. The molecular formula is C18H20F3N5O3. The van der Waals surface area contributed by atoms with Gasteiger partial charge in [-0.25, -0.2) is 0 Å². The lowest BCUT2D eigenvalue weighted by Gasteiger charge is -2.34. The normalized spacial score (nSPS) is 15.5. The number of benzene rings is 1. The maximum absolute atomic E-state index is 12.8. The Hall–Kier alpha value is -2.95. The number of piperazine rings is 1. The molecule has 0 unspecified atom stereocenters. The van der Waals surface area contributed by atoms with Crippen LogP contribution in [0.3, 0.4) is 0 Å². The second-order valence-electron chi connectivity index (χ2n) is 6.91. The zero-order chi connectivity index (χ0) is 21.2. The number of hydrogen-bond donors (Lipinski definition) is 0. The largest absolute Gasteiger partial charge is 0.416 e. The number of alkyl halides is 3. The maximum atomic E-state index is 12.8. The van der Waals surface area contributed by atoms with Gasteiger partial charge in [0, 0.05) is 32.7 Å². The minimum atomic E-state index is -4.38. The van der Waals surface area contributed by atoms with E-state index in [0.717, 1.165) is 16.8 Å². The van der Waals surface area contributed by atoms with E-state index in [1.54, 1.807) is 17.9 Å². The van der Waals surface area contributed by atoms with E-state index in [4.69, 9.17) is 0 Å². The van der Waals surface area contributed by atoms with Crippen LogP contribution in [0.2, 0.25) is 0 Å². The van der Waals surface area contributed by atoms with Gasteiger partial charge in [0.15, 0.2) is 6.54 Å². The third kappa shape index (κ3) is 5.11. The fourth-order valence-electron chi connectivity index (χ4n) is 3.28. The van der Waals surface area contributed by atoms with Gasteiger partial charge in [0.2, 0.25) is 0 Å². The topological polar surface area (TPSA) is 84.5 Å². The first-order chi connectivity index (χ1) is 13.6. The Labute approximate surface area is 164 Å². The summed E-state index contributed by atoms with van der Waals surface area (Å²) in [5.41, 5.74) is 0.331. The SMILES string of the molecule is Cc1cc([N+](=O)[O-])n(CC(=O)N2CCN(Cc3cccc(C(F)(F)F)c3)CC2)n1. The predicted octanol–water partition coefficient (Wildman–Crippen LogP) is 2.46. The molecule has 1 aromatic heterocycles. The Kier molecular flexibility index (Phi) is 5.87. The van der Waals surface area contributed by atoms with Crippen LogP contribution < -0.4 is 0 Å². The van der Waals surface area contributed by atoms with Gasteiger partial charge in [-0.15, -0.1) is 4.68 Å². The Bertz CT molecular complexity index is 904. The summed E-state index contributed by atoms with van der Waals surface area (Å²) in [5.74, 6) is -0.519. The van der Waals surface area contributed by atoms with Crippen LogP contribution in [0.5, 0.6) is 0 Å². The highest BCUT2D eigenvalue weighted by Crippen LogP contribution is 2.29. The van der Waals surface area contributed by atoms with Crippen molar-refractivity contribution in [2.45, 2.75) is 26.2 Å². The molecule has 1 aromatic carbocycles. The quantitative estimate of drug-likeness (QED) is 0.558. The molecule has 0 N–H and O–H groups in total. The molecule has 8 nitrogen and oxygen atoms in total. The van der Waals surface area contributed by atoms with E-state index in [1.807, 2.05) is 4.90 Å². The first-order valence-corrected chi connectivity index (χ1v) is 8.98. The Morgan fingerprint density at radius 2 is 1.90 bits per heavy atom. The Balaban J connectivity index is 1.55. The molecule has 1 amide bonds. The van der Waals surface area contributed by atoms with E-state index >= 15 is 0 Å². The van der Waals surface area contributed by atoms with Gasteiger partial charge in [0.1, 0.15) is 0 Å². The third-order valence-electron chi connectivity index (χ3n) is 4.74. The summed E-state index contributed by atoms with van der Waals surface area (Å²) >= 11 is 0. The van der Waals surface area contributed by atoms with E-state index in [0.29, 0.717) is 44.0 Å². The molecule has 0 spiro atoms. The van der Waals surface area contributed by atoms with Gasteiger partial charge in [-0.2, -0.15) is 13.2 Å². The number of aromatic nitrogens is 2. The smallest absolute Gasteiger partial charge is 0.358 e. The highest BCUT2D eigenvalue weighted by Gasteiger charge is 2.31. The number of amides is 1. The summed E-state index contributed by atoms with van der Waals surface area (Å²) in [4.78, 5) is 26.5. The van der Waals surface area contributed by atoms with Crippen molar-refractivity contribution in [3.8, 4) is 0 Å². The molecule has 0 aliphatic carbocycles. The van der Waals surface area contributed by atoms with Crippen molar-refractivity contribution in [2.24, 2.45) is 0 Å². The van der Waals surface area contributed by atoms with Crippen LogP contribution in [-0.4, -0.2) is 56.6 Å². The van der Waals surface area contributed by atoms with E-state index in [9.17, 15) is 28.1 Å². The minimum Gasteiger partial charge on any atom is -0.358 e. The molecule has 0 bridgehead atoms. The lowest BCUT2D eigenvalue weighted by molar-refractivity contribution is -0.392. The average Bonchev–Trinajstić information content (AvgIpc) is 3.02. The maximum Gasteiger partial charge on any atom is 0.416 e. The van der Waals surface area contributed by atoms with Crippen LogP contribution in [0.15, 0.2) is 30.3 Å². The molecule has 2 heterocycles. The van der Waals surface area contributed by atoms with E-state index in [1.165, 1.54) is 12.1 Å². The monoisotopic (exact) mass is 411 g/mol. The van der Waals surface area contributed by atoms with Crippen LogP contribution >= 0.6 is 0 Å². The highest BCUT2D eigenvalue weighted by molar-refractivity contribution is 5.76. The van der Waals surface area contributed by atoms with Crippen LogP contribution in [0, 0.1) is 17.0 Å². The number of rotatable bonds is 5. The number of halogens is 3. The summed E-state index contributed by atoms with van der Waals surface area (Å²) in [6, 6.07) is 6.51. The van der Waals surface area contributed by atoms with Crippen LogP contribution in [-0.2, 0) is 24.1 Å². The molecule has 0 atom stereocenters. The Morgan fingerprint density at radius 1 is 1.21 bits per heavy atom. The standard InChI is InChI=1S/C18H20F3N5O3/c1-13-9-16(26(28)29)25(22-13)12-17(27)24-7-5-23(6-8-24)11-14-3-2-4-15(10-14)18(19,20)21/h2-4,9-10H,5-8,11-12H2,1H3. The number of carbonyl (C=O) groups excluding carboxylic acids is 1. The lowest BCUT2D eigenvalue weighted by atomic mass is 10.1. The number of nitro groups is 1. The van der Waals surface area contributed by atoms with Crippen molar-refractivity contribution in [1.82, 2.24) is 19.6 Å². The predicted molar refractivity (Wildman–Crippen MR) is 96.9 cm³/mol. The summed E-state index contributed by atoms with van der Waals surface area (Å²) in [6.07, 6.45) is -4.38. The van der Waals surface area contributed by atoms with Gasteiger partial charge in [-0.05, 0) is 23.5 Å². The molecule has 11 heteroatoms.